The molecular formula is C4H5F4N. The summed E-state index contributed by atoms with van der Waals surface area (Å²) in [7, 11) is 0. The number of halogens is 4. The van der Waals surface area contributed by atoms with E-state index in [4.69, 9.17) is 0 Å². The van der Waals surface area contributed by atoms with E-state index in [1.165, 1.54) is 5.32 Å². The summed E-state index contributed by atoms with van der Waals surface area (Å²) in [5, 5.41) is 1.40. The van der Waals surface area contributed by atoms with Crippen LogP contribution in [0.25, 0.3) is 0 Å². The Bertz CT molecular complexity index is 108. The number of alkyl halides is 4. The van der Waals surface area contributed by atoms with E-state index in [9.17, 15) is 17.6 Å². The summed E-state index contributed by atoms with van der Waals surface area (Å²) in [5.74, 6) is -3.23. The van der Waals surface area contributed by atoms with E-state index in [2.05, 4.69) is 0 Å². The smallest absolute Gasteiger partial charge is 0.252 e. The second-order valence-corrected chi connectivity index (χ2v) is 2.09. The first-order valence-corrected chi connectivity index (χ1v) is 2.42. The fourth-order valence-electron chi connectivity index (χ4n) is 0.708. The minimum Gasteiger partial charge on any atom is -0.252 e. The van der Waals surface area contributed by atoms with Crippen LogP contribution < -0.4 is 5.32 Å². The molecule has 1 fully saturated rings. The summed E-state index contributed by atoms with van der Waals surface area (Å²) in [5.41, 5.74) is 0. The SMILES string of the molecule is FC1(F)CNC(F)(F)C1. The summed E-state index contributed by atoms with van der Waals surface area (Å²) in [6, 6.07) is -3.37. The van der Waals surface area contributed by atoms with Crippen LogP contribution >= 0.6 is 0 Å². The Morgan fingerprint density at radius 2 is 1.67 bits per heavy atom. The van der Waals surface area contributed by atoms with Gasteiger partial charge in [0.15, 0.2) is 0 Å². The molecule has 0 bridgehead atoms. The van der Waals surface area contributed by atoms with Crippen molar-refractivity contribution in [2.24, 2.45) is 0 Å². The summed E-state index contributed by atoms with van der Waals surface area (Å²) in [6.07, 6.45) is -1.38. The molecule has 9 heavy (non-hydrogen) atoms. The maximum atomic E-state index is 11.9. The minimum absolute atomic E-state index is 0.917. The Morgan fingerprint density at radius 1 is 1.11 bits per heavy atom. The van der Waals surface area contributed by atoms with Crippen LogP contribution in [0.15, 0.2) is 0 Å². The third-order valence-electron chi connectivity index (χ3n) is 1.09. The van der Waals surface area contributed by atoms with Crippen LogP contribution in [0.2, 0.25) is 0 Å². The Labute approximate surface area is 49.0 Å². The molecule has 1 rings (SSSR count). The lowest BCUT2D eigenvalue weighted by molar-refractivity contribution is -0.0568. The molecule has 1 saturated heterocycles. The summed E-state index contributed by atoms with van der Waals surface area (Å²) in [6.45, 7) is -0.917. The second-order valence-electron chi connectivity index (χ2n) is 2.09. The van der Waals surface area contributed by atoms with Gasteiger partial charge >= 0.3 is 6.05 Å². The van der Waals surface area contributed by atoms with Gasteiger partial charge in [0.25, 0.3) is 5.92 Å². The molecule has 0 amide bonds. The van der Waals surface area contributed by atoms with E-state index in [0.29, 0.717) is 0 Å². The Hall–Kier alpha value is -0.320. The zero-order valence-corrected chi connectivity index (χ0v) is 4.43. The predicted octanol–water partition coefficient (Wildman–Crippen LogP) is 1.21. The molecule has 0 unspecified atom stereocenters. The highest BCUT2D eigenvalue weighted by molar-refractivity contribution is 4.86. The molecule has 5 heteroatoms. The van der Waals surface area contributed by atoms with Crippen LogP contribution in [0.5, 0.6) is 0 Å². The van der Waals surface area contributed by atoms with E-state index in [1.807, 2.05) is 0 Å². The fraction of sp³-hybridized carbons (Fsp3) is 1.00. The quantitative estimate of drug-likeness (QED) is 0.397. The zero-order valence-electron chi connectivity index (χ0n) is 4.43. The first kappa shape index (κ1) is 6.80. The summed E-state index contributed by atoms with van der Waals surface area (Å²) < 4.78 is 47.5. The minimum atomic E-state index is -3.37. The third kappa shape index (κ3) is 1.54. The van der Waals surface area contributed by atoms with Crippen molar-refractivity contribution < 1.29 is 17.6 Å². The molecule has 54 valence electrons. The van der Waals surface area contributed by atoms with Crippen molar-refractivity contribution in [1.29, 1.82) is 0 Å². The second kappa shape index (κ2) is 1.59. The van der Waals surface area contributed by atoms with Crippen LogP contribution in [-0.4, -0.2) is 18.5 Å². The van der Waals surface area contributed by atoms with Crippen LogP contribution in [0.4, 0.5) is 17.6 Å². The molecule has 1 aliphatic rings. The van der Waals surface area contributed by atoms with Gasteiger partial charge in [-0.15, -0.1) is 0 Å². The molecule has 1 aliphatic heterocycles. The molecule has 0 atom stereocenters. The van der Waals surface area contributed by atoms with Gasteiger partial charge in [-0.1, -0.05) is 0 Å². The van der Waals surface area contributed by atoms with Crippen LogP contribution in [0, 0.1) is 0 Å². The van der Waals surface area contributed by atoms with Gasteiger partial charge in [0.1, 0.15) is 0 Å². The first-order valence-electron chi connectivity index (χ1n) is 2.42. The molecule has 0 saturated carbocycles. The number of hydrogen-bond acceptors (Lipinski definition) is 1. The molecule has 0 aromatic rings. The van der Waals surface area contributed by atoms with E-state index >= 15 is 0 Å². The zero-order chi connectivity index (χ0) is 7.12. The van der Waals surface area contributed by atoms with Crippen LogP contribution in [0.3, 0.4) is 0 Å². The average molecular weight is 143 g/mol. The molecule has 0 spiro atoms. The Balaban J connectivity index is 2.58. The van der Waals surface area contributed by atoms with E-state index < -0.39 is 24.9 Å². The van der Waals surface area contributed by atoms with Crippen LogP contribution in [-0.2, 0) is 0 Å². The molecule has 1 heterocycles. The third-order valence-corrected chi connectivity index (χ3v) is 1.09. The number of nitrogens with one attached hydrogen (secondary N) is 1. The average Bonchev–Trinajstić information content (AvgIpc) is 1.78. The molecule has 0 aliphatic carbocycles. The highest BCUT2D eigenvalue weighted by Gasteiger charge is 2.50. The van der Waals surface area contributed by atoms with Crippen molar-refractivity contribution in [3.05, 3.63) is 0 Å². The fourth-order valence-corrected chi connectivity index (χ4v) is 0.708. The van der Waals surface area contributed by atoms with Gasteiger partial charge < -0.3 is 0 Å². The van der Waals surface area contributed by atoms with Crippen molar-refractivity contribution in [1.82, 2.24) is 5.32 Å². The predicted molar refractivity (Wildman–Crippen MR) is 22.5 cm³/mol. The maximum Gasteiger partial charge on any atom is 0.308 e. The molecule has 0 aromatic carbocycles. The summed E-state index contributed by atoms with van der Waals surface area (Å²) >= 11 is 0. The summed E-state index contributed by atoms with van der Waals surface area (Å²) in [4.78, 5) is 0. The van der Waals surface area contributed by atoms with Crippen molar-refractivity contribution >= 4 is 0 Å². The van der Waals surface area contributed by atoms with Gasteiger partial charge in [0.2, 0.25) is 0 Å². The van der Waals surface area contributed by atoms with Gasteiger partial charge in [0, 0.05) is 0 Å². The molecular weight excluding hydrogens is 138 g/mol. The van der Waals surface area contributed by atoms with Gasteiger partial charge in [-0.2, -0.15) is 8.78 Å². The van der Waals surface area contributed by atoms with Crippen molar-refractivity contribution in [3.63, 3.8) is 0 Å². The van der Waals surface area contributed by atoms with E-state index in [-0.39, 0.29) is 0 Å². The highest BCUT2D eigenvalue weighted by Crippen LogP contribution is 2.33. The molecule has 1 N–H and O–H groups in total. The van der Waals surface area contributed by atoms with Crippen molar-refractivity contribution in [2.75, 3.05) is 6.54 Å². The van der Waals surface area contributed by atoms with Crippen molar-refractivity contribution in [3.8, 4) is 0 Å². The van der Waals surface area contributed by atoms with E-state index in [1.54, 1.807) is 0 Å². The normalized spacial score (nSPS) is 30.7. The van der Waals surface area contributed by atoms with Crippen molar-refractivity contribution in [2.45, 2.75) is 18.4 Å². The first-order chi connectivity index (χ1) is 3.91. The highest BCUT2D eigenvalue weighted by atomic mass is 19.3. The standard InChI is InChI=1S/C4H5F4N/c5-3(6)1-4(7,8)9-2-3/h9H,1-2H2. The van der Waals surface area contributed by atoms with E-state index in [0.717, 1.165) is 0 Å². The molecule has 1 nitrogen and oxygen atoms in total. The lowest BCUT2D eigenvalue weighted by Crippen LogP contribution is -2.28. The largest absolute Gasteiger partial charge is 0.308 e. The Kier molecular flexibility index (Phi) is 1.20. The maximum absolute atomic E-state index is 11.9. The monoisotopic (exact) mass is 143 g/mol. The van der Waals surface area contributed by atoms with Gasteiger partial charge in [-0.3, -0.25) is 5.32 Å². The topological polar surface area (TPSA) is 12.0 Å². The lowest BCUT2D eigenvalue weighted by Gasteiger charge is -2.06. The molecule has 0 radical (unpaired) electrons. The number of hydrogen-bond donors (Lipinski definition) is 1. The van der Waals surface area contributed by atoms with Gasteiger partial charge in [-0.05, 0) is 0 Å². The van der Waals surface area contributed by atoms with Gasteiger partial charge in [0.05, 0.1) is 13.0 Å². The van der Waals surface area contributed by atoms with Gasteiger partial charge in [-0.25, -0.2) is 8.78 Å². The number of rotatable bonds is 0. The van der Waals surface area contributed by atoms with Crippen LogP contribution in [0.1, 0.15) is 6.42 Å². The Morgan fingerprint density at radius 3 is 1.78 bits per heavy atom. The lowest BCUT2D eigenvalue weighted by atomic mass is 10.3. The molecule has 0 aromatic heterocycles.